The van der Waals surface area contributed by atoms with E-state index in [1.54, 1.807) is 54.6 Å². The molecule has 0 aliphatic rings. The average Bonchev–Trinajstić information content (AvgIpc) is 2.83. The van der Waals surface area contributed by atoms with Crippen molar-refractivity contribution in [1.82, 2.24) is 0 Å². The lowest BCUT2D eigenvalue weighted by molar-refractivity contribution is -0.112. The van der Waals surface area contributed by atoms with Crippen LogP contribution in [-0.2, 0) is 11.4 Å². The number of benzene rings is 3. The number of nitriles is 2. The van der Waals surface area contributed by atoms with Gasteiger partial charge in [-0.1, -0.05) is 29.8 Å². The first-order valence-corrected chi connectivity index (χ1v) is 11.4. The van der Waals surface area contributed by atoms with Crippen LogP contribution in [0.3, 0.4) is 0 Å². The predicted octanol–water partition coefficient (Wildman–Crippen LogP) is 6.50. The Morgan fingerprint density at radius 3 is 2.50 bits per heavy atom. The lowest BCUT2D eigenvalue weighted by atomic mass is 10.1. The minimum absolute atomic E-state index is 0.0894. The van der Waals surface area contributed by atoms with Crippen LogP contribution in [0.15, 0.2) is 70.7 Å². The van der Waals surface area contributed by atoms with Gasteiger partial charge in [0.25, 0.3) is 5.91 Å². The highest BCUT2D eigenvalue weighted by Crippen LogP contribution is 2.36. The summed E-state index contributed by atoms with van der Waals surface area (Å²) in [6, 6.07) is 21.3. The number of nitrogens with one attached hydrogen (secondary N) is 1. The Balaban J connectivity index is 1.75. The van der Waals surface area contributed by atoms with Crippen LogP contribution in [0, 0.1) is 22.7 Å². The van der Waals surface area contributed by atoms with Crippen LogP contribution in [0.1, 0.15) is 23.6 Å². The summed E-state index contributed by atoms with van der Waals surface area (Å²) in [7, 11) is 0. The third kappa shape index (κ3) is 6.39. The van der Waals surface area contributed by atoms with Gasteiger partial charge < -0.3 is 14.8 Å². The summed E-state index contributed by atoms with van der Waals surface area (Å²) in [6.45, 7) is 2.59. The van der Waals surface area contributed by atoms with E-state index in [2.05, 4.69) is 27.3 Å². The van der Waals surface area contributed by atoms with Crippen molar-refractivity contribution in [3.05, 3.63) is 92.4 Å². The van der Waals surface area contributed by atoms with Crippen molar-refractivity contribution in [3.63, 3.8) is 0 Å². The number of hydrogen-bond acceptors (Lipinski definition) is 5. The molecule has 3 rings (SSSR count). The molecule has 0 aliphatic carbocycles. The molecular weight excluding hydrogens is 518 g/mol. The molecule has 0 radical (unpaired) electrons. The topological polar surface area (TPSA) is 95.1 Å². The zero-order valence-corrected chi connectivity index (χ0v) is 20.5. The van der Waals surface area contributed by atoms with Gasteiger partial charge in [0.2, 0.25) is 0 Å². The van der Waals surface area contributed by atoms with Crippen molar-refractivity contribution in [3.8, 4) is 23.6 Å². The zero-order valence-electron chi connectivity index (χ0n) is 18.1. The predicted molar refractivity (Wildman–Crippen MR) is 134 cm³/mol. The third-order valence-corrected chi connectivity index (χ3v) is 5.50. The van der Waals surface area contributed by atoms with E-state index in [9.17, 15) is 15.3 Å². The number of anilines is 1. The van der Waals surface area contributed by atoms with E-state index < -0.39 is 5.91 Å². The quantitative estimate of drug-likeness (QED) is 0.262. The molecule has 0 aromatic heterocycles. The first-order chi connectivity index (χ1) is 16.4. The van der Waals surface area contributed by atoms with Crippen LogP contribution in [0.2, 0.25) is 5.02 Å². The van der Waals surface area contributed by atoms with E-state index in [-0.39, 0.29) is 12.2 Å². The minimum atomic E-state index is -0.549. The molecule has 1 amide bonds. The summed E-state index contributed by atoms with van der Waals surface area (Å²) in [4.78, 5) is 12.6. The van der Waals surface area contributed by atoms with Crippen LogP contribution in [-0.4, -0.2) is 12.5 Å². The SMILES string of the molecule is CCOc1ccc(NC(=O)/C(C#N)=C\c2cc(Cl)c(OCc3ccccc3C#N)c(Br)c2)cc1. The van der Waals surface area contributed by atoms with Crippen LogP contribution in [0.25, 0.3) is 6.08 Å². The molecule has 0 unspecified atom stereocenters. The van der Waals surface area contributed by atoms with Crippen molar-refractivity contribution in [2.75, 3.05) is 11.9 Å². The highest BCUT2D eigenvalue weighted by Gasteiger charge is 2.14. The highest BCUT2D eigenvalue weighted by atomic mass is 79.9. The molecule has 3 aromatic carbocycles. The van der Waals surface area contributed by atoms with Crippen molar-refractivity contribution in [2.45, 2.75) is 13.5 Å². The largest absolute Gasteiger partial charge is 0.494 e. The van der Waals surface area contributed by atoms with E-state index >= 15 is 0 Å². The number of carbonyl (C=O) groups excluding carboxylic acids is 1. The van der Waals surface area contributed by atoms with E-state index in [0.717, 1.165) is 5.56 Å². The molecule has 0 atom stereocenters. The number of rotatable bonds is 8. The number of halogens is 2. The van der Waals surface area contributed by atoms with Gasteiger partial charge >= 0.3 is 0 Å². The van der Waals surface area contributed by atoms with E-state index in [0.29, 0.717) is 44.4 Å². The molecule has 3 aromatic rings. The molecule has 0 heterocycles. The van der Waals surface area contributed by atoms with Gasteiger partial charge in [-0.15, -0.1) is 0 Å². The van der Waals surface area contributed by atoms with Gasteiger partial charge in [-0.05, 0) is 77.0 Å². The molecule has 0 saturated carbocycles. The Kier molecular flexibility index (Phi) is 8.70. The number of carbonyl (C=O) groups is 1. The molecule has 34 heavy (non-hydrogen) atoms. The standard InChI is InChI=1S/C26H19BrClN3O3/c1-2-33-22-9-7-21(8-10-22)31-26(32)20(15-30)11-17-12-23(27)25(24(28)13-17)34-16-19-6-4-3-5-18(19)14-29/h3-13H,2,16H2,1H3,(H,31,32)/b20-11-. The molecule has 1 N–H and O–H groups in total. The zero-order chi connectivity index (χ0) is 24.5. The Hall–Kier alpha value is -3.78. The van der Waals surface area contributed by atoms with Crippen molar-refractivity contribution < 1.29 is 14.3 Å². The fourth-order valence-electron chi connectivity index (χ4n) is 3.02. The van der Waals surface area contributed by atoms with Crippen molar-refractivity contribution in [1.29, 1.82) is 10.5 Å². The van der Waals surface area contributed by atoms with Crippen LogP contribution >= 0.6 is 27.5 Å². The number of hydrogen-bond donors (Lipinski definition) is 1. The van der Waals surface area contributed by atoms with E-state index in [4.69, 9.17) is 21.1 Å². The van der Waals surface area contributed by atoms with Gasteiger partial charge in [0.05, 0.1) is 27.7 Å². The molecule has 0 spiro atoms. The van der Waals surface area contributed by atoms with E-state index in [1.165, 1.54) is 6.08 Å². The number of amides is 1. The fraction of sp³-hybridized carbons (Fsp3) is 0.115. The van der Waals surface area contributed by atoms with Gasteiger partial charge in [-0.25, -0.2) is 0 Å². The Labute approximate surface area is 211 Å². The number of ether oxygens (including phenoxy) is 2. The molecule has 0 aliphatic heterocycles. The van der Waals surface area contributed by atoms with Gasteiger partial charge in [0, 0.05) is 11.3 Å². The molecule has 6 nitrogen and oxygen atoms in total. The average molecular weight is 537 g/mol. The normalized spacial score (nSPS) is 10.7. The maximum absolute atomic E-state index is 12.6. The van der Waals surface area contributed by atoms with Crippen LogP contribution in [0.5, 0.6) is 11.5 Å². The smallest absolute Gasteiger partial charge is 0.266 e. The Bertz CT molecular complexity index is 1290. The minimum Gasteiger partial charge on any atom is -0.494 e. The van der Waals surface area contributed by atoms with Gasteiger partial charge in [0.1, 0.15) is 24.0 Å². The summed E-state index contributed by atoms with van der Waals surface area (Å²) < 4.78 is 11.8. The highest BCUT2D eigenvalue weighted by molar-refractivity contribution is 9.10. The van der Waals surface area contributed by atoms with Gasteiger partial charge in [-0.2, -0.15) is 10.5 Å². The lowest BCUT2D eigenvalue weighted by Crippen LogP contribution is -2.13. The van der Waals surface area contributed by atoms with Gasteiger partial charge in [0.15, 0.2) is 5.75 Å². The maximum Gasteiger partial charge on any atom is 0.266 e. The molecule has 8 heteroatoms. The summed E-state index contributed by atoms with van der Waals surface area (Å²) >= 11 is 9.84. The monoisotopic (exact) mass is 535 g/mol. The van der Waals surface area contributed by atoms with Gasteiger partial charge in [-0.3, -0.25) is 4.79 Å². The van der Waals surface area contributed by atoms with Crippen molar-refractivity contribution in [2.24, 2.45) is 0 Å². The maximum atomic E-state index is 12.6. The first kappa shape index (κ1) is 24.9. The fourth-order valence-corrected chi connectivity index (χ4v) is 4.01. The molecular formula is C26H19BrClN3O3. The molecule has 170 valence electrons. The van der Waals surface area contributed by atoms with Crippen LogP contribution in [0.4, 0.5) is 5.69 Å². The second-order valence-electron chi connectivity index (χ2n) is 6.95. The van der Waals surface area contributed by atoms with E-state index in [1.807, 2.05) is 19.1 Å². The lowest BCUT2D eigenvalue weighted by Gasteiger charge is -2.12. The molecule has 0 saturated heterocycles. The summed E-state index contributed by atoms with van der Waals surface area (Å²) in [5.74, 6) is 0.533. The van der Waals surface area contributed by atoms with Crippen LogP contribution < -0.4 is 14.8 Å². The number of nitrogens with zero attached hydrogens (tertiary/aromatic N) is 2. The summed E-state index contributed by atoms with van der Waals surface area (Å²) in [6.07, 6.45) is 1.44. The summed E-state index contributed by atoms with van der Waals surface area (Å²) in [5, 5.41) is 21.7. The van der Waals surface area contributed by atoms with Crippen molar-refractivity contribution >= 4 is 45.2 Å². The first-order valence-electron chi connectivity index (χ1n) is 10.2. The molecule has 0 bridgehead atoms. The second-order valence-corrected chi connectivity index (χ2v) is 8.21. The summed E-state index contributed by atoms with van der Waals surface area (Å²) in [5.41, 5.74) is 2.24. The Morgan fingerprint density at radius 1 is 1.12 bits per heavy atom. The molecule has 0 fully saturated rings. The third-order valence-electron chi connectivity index (χ3n) is 4.63. The Morgan fingerprint density at radius 2 is 1.85 bits per heavy atom. The second kappa shape index (κ2) is 11.9.